The Hall–Kier alpha value is -3.50. The summed E-state index contributed by atoms with van der Waals surface area (Å²) in [5.74, 6) is 3.57. The number of rotatable bonds is 8. The van der Waals surface area contributed by atoms with Crippen LogP contribution in [0.15, 0.2) is 58.1 Å². The molecule has 31 heavy (non-hydrogen) atoms. The molecule has 7 heteroatoms. The van der Waals surface area contributed by atoms with Gasteiger partial charge in [0.25, 0.3) is 5.91 Å². The van der Waals surface area contributed by atoms with E-state index in [0.717, 1.165) is 10.8 Å². The SMILES string of the molecule is C#CCOc1cc(Br)c(C=NNC(=O)c2cc3ccccc3cc2OC)cc1OCC. The molecule has 0 aliphatic rings. The molecule has 1 N–H and O–H groups in total. The van der Waals surface area contributed by atoms with E-state index >= 15 is 0 Å². The zero-order valence-corrected chi connectivity index (χ0v) is 18.7. The van der Waals surface area contributed by atoms with Crippen molar-refractivity contribution < 1.29 is 19.0 Å². The van der Waals surface area contributed by atoms with Gasteiger partial charge in [0.2, 0.25) is 0 Å². The highest BCUT2D eigenvalue weighted by Crippen LogP contribution is 2.33. The first kappa shape index (κ1) is 22.2. The molecule has 3 aromatic carbocycles. The van der Waals surface area contributed by atoms with Crippen molar-refractivity contribution in [3.8, 4) is 29.6 Å². The van der Waals surface area contributed by atoms with E-state index in [2.05, 4.69) is 32.4 Å². The molecule has 0 aliphatic carbocycles. The fourth-order valence-corrected chi connectivity index (χ4v) is 3.36. The minimum absolute atomic E-state index is 0.129. The molecule has 0 aromatic heterocycles. The van der Waals surface area contributed by atoms with Crippen LogP contribution in [0.3, 0.4) is 0 Å². The number of methoxy groups -OCH3 is 1. The summed E-state index contributed by atoms with van der Waals surface area (Å²) >= 11 is 3.48. The third kappa shape index (κ3) is 5.36. The lowest BCUT2D eigenvalue weighted by Gasteiger charge is -2.12. The predicted molar refractivity (Wildman–Crippen MR) is 125 cm³/mol. The van der Waals surface area contributed by atoms with Gasteiger partial charge in [-0.15, -0.1) is 6.42 Å². The van der Waals surface area contributed by atoms with Gasteiger partial charge < -0.3 is 14.2 Å². The molecule has 3 rings (SSSR count). The van der Waals surface area contributed by atoms with Crippen LogP contribution in [0, 0.1) is 12.3 Å². The quantitative estimate of drug-likeness (QED) is 0.286. The molecule has 0 fully saturated rings. The number of halogens is 1. The van der Waals surface area contributed by atoms with Crippen LogP contribution in [0.25, 0.3) is 10.8 Å². The molecule has 0 saturated heterocycles. The number of carbonyl (C=O) groups is 1. The van der Waals surface area contributed by atoms with Crippen LogP contribution in [-0.2, 0) is 0 Å². The topological polar surface area (TPSA) is 69.2 Å². The molecule has 0 unspecified atom stereocenters. The van der Waals surface area contributed by atoms with Crippen molar-refractivity contribution in [1.29, 1.82) is 0 Å². The molecule has 0 spiro atoms. The molecular formula is C24H21BrN2O4. The van der Waals surface area contributed by atoms with Crippen LogP contribution in [-0.4, -0.2) is 32.4 Å². The summed E-state index contributed by atoms with van der Waals surface area (Å²) in [6.45, 7) is 2.46. The van der Waals surface area contributed by atoms with E-state index in [4.69, 9.17) is 20.6 Å². The third-order valence-electron chi connectivity index (χ3n) is 4.36. The van der Waals surface area contributed by atoms with Gasteiger partial charge in [-0.25, -0.2) is 5.43 Å². The molecule has 0 radical (unpaired) electrons. The van der Waals surface area contributed by atoms with Gasteiger partial charge in [-0.3, -0.25) is 4.79 Å². The van der Waals surface area contributed by atoms with Crippen molar-refractivity contribution in [2.45, 2.75) is 6.92 Å². The maximum atomic E-state index is 12.7. The van der Waals surface area contributed by atoms with Gasteiger partial charge >= 0.3 is 0 Å². The van der Waals surface area contributed by atoms with E-state index in [9.17, 15) is 4.79 Å². The van der Waals surface area contributed by atoms with Crippen molar-refractivity contribution in [3.05, 3.63) is 64.1 Å². The fourth-order valence-electron chi connectivity index (χ4n) is 2.94. The third-order valence-corrected chi connectivity index (χ3v) is 5.04. The lowest BCUT2D eigenvalue weighted by molar-refractivity contribution is 0.0952. The standard InChI is InChI=1S/C24H21BrN2O4/c1-4-10-31-23-14-20(25)18(13-22(23)30-5-2)15-26-27-24(28)19-11-16-8-6-7-9-17(16)12-21(19)29-3/h1,6-9,11-15H,5,10H2,2-3H3,(H,27,28). The molecule has 0 aliphatic heterocycles. The number of hydrogen-bond donors (Lipinski definition) is 1. The molecular weight excluding hydrogens is 460 g/mol. The van der Waals surface area contributed by atoms with Crippen LogP contribution in [0.2, 0.25) is 0 Å². The van der Waals surface area contributed by atoms with Gasteiger partial charge in [0.15, 0.2) is 11.5 Å². The van der Waals surface area contributed by atoms with Crippen LogP contribution < -0.4 is 19.6 Å². The second kappa shape index (κ2) is 10.5. The van der Waals surface area contributed by atoms with Gasteiger partial charge in [0.1, 0.15) is 12.4 Å². The molecule has 158 valence electrons. The van der Waals surface area contributed by atoms with E-state index in [1.165, 1.54) is 13.3 Å². The van der Waals surface area contributed by atoms with E-state index in [-0.39, 0.29) is 12.5 Å². The van der Waals surface area contributed by atoms with Crippen molar-refractivity contribution >= 4 is 38.8 Å². The number of nitrogens with one attached hydrogen (secondary N) is 1. The number of nitrogens with zero attached hydrogens (tertiary/aromatic N) is 1. The first-order valence-electron chi connectivity index (χ1n) is 9.50. The highest BCUT2D eigenvalue weighted by atomic mass is 79.9. The van der Waals surface area contributed by atoms with Crippen LogP contribution >= 0.6 is 15.9 Å². The summed E-state index contributed by atoms with van der Waals surface area (Å²) in [5, 5.41) is 6.01. The first-order chi connectivity index (χ1) is 15.1. The summed E-state index contributed by atoms with van der Waals surface area (Å²) in [6.07, 6.45) is 6.78. The molecule has 3 aromatic rings. The monoisotopic (exact) mass is 480 g/mol. The fraction of sp³-hybridized carbons (Fsp3) is 0.167. The Balaban J connectivity index is 1.81. The zero-order valence-electron chi connectivity index (χ0n) is 17.1. The number of carbonyl (C=O) groups excluding carboxylic acids is 1. The summed E-state index contributed by atoms with van der Waals surface area (Å²) in [5.41, 5.74) is 3.64. The summed E-state index contributed by atoms with van der Waals surface area (Å²) < 4.78 is 17.2. The minimum Gasteiger partial charge on any atom is -0.496 e. The molecule has 1 amide bonds. The highest BCUT2D eigenvalue weighted by Gasteiger charge is 2.14. The van der Waals surface area contributed by atoms with Crippen molar-refractivity contribution in [2.24, 2.45) is 5.10 Å². The molecule has 0 atom stereocenters. The average molecular weight is 481 g/mol. The number of amides is 1. The number of hydrazone groups is 1. The molecule has 0 heterocycles. The first-order valence-corrected chi connectivity index (χ1v) is 10.3. The average Bonchev–Trinajstić information content (AvgIpc) is 2.78. The zero-order chi connectivity index (χ0) is 22.2. The van der Waals surface area contributed by atoms with E-state index in [1.807, 2.05) is 37.3 Å². The van der Waals surface area contributed by atoms with E-state index in [1.54, 1.807) is 18.2 Å². The summed E-state index contributed by atoms with van der Waals surface area (Å²) in [7, 11) is 1.53. The number of ether oxygens (including phenoxy) is 3. The van der Waals surface area contributed by atoms with E-state index < -0.39 is 0 Å². The maximum Gasteiger partial charge on any atom is 0.275 e. The van der Waals surface area contributed by atoms with Gasteiger partial charge in [0.05, 0.1) is 25.5 Å². The Bertz CT molecular complexity index is 1170. The largest absolute Gasteiger partial charge is 0.496 e. The second-order valence-corrected chi connectivity index (χ2v) is 7.20. The lowest BCUT2D eigenvalue weighted by Crippen LogP contribution is -2.18. The highest BCUT2D eigenvalue weighted by molar-refractivity contribution is 9.10. The number of fused-ring (bicyclic) bond motifs is 1. The normalized spacial score (nSPS) is 10.6. The van der Waals surface area contributed by atoms with Gasteiger partial charge in [-0.05, 0) is 57.9 Å². The minimum atomic E-state index is -0.381. The van der Waals surface area contributed by atoms with Gasteiger partial charge in [-0.1, -0.05) is 30.2 Å². The van der Waals surface area contributed by atoms with E-state index in [0.29, 0.717) is 39.5 Å². The summed E-state index contributed by atoms with van der Waals surface area (Å²) in [4.78, 5) is 12.7. The van der Waals surface area contributed by atoms with Crippen LogP contribution in [0.5, 0.6) is 17.2 Å². The van der Waals surface area contributed by atoms with Crippen molar-refractivity contribution in [2.75, 3.05) is 20.3 Å². The number of hydrogen-bond acceptors (Lipinski definition) is 5. The molecule has 0 bridgehead atoms. The molecule has 6 nitrogen and oxygen atoms in total. The Morgan fingerprint density at radius 1 is 1.13 bits per heavy atom. The summed E-state index contributed by atoms with van der Waals surface area (Å²) in [6, 6.07) is 14.9. The smallest absolute Gasteiger partial charge is 0.275 e. The number of terminal acetylenes is 1. The predicted octanol–water partition coefficient (Wildman–Crippen LogP) is 4.79. The van der Waals surface area contributed by atoms with Gasteiger partial charge in [0, 0.05) is 10.0 Å². The van der Waals surface area contributed by atoms with Crippen LogP contribution in [0.1, 0.15) is 22.8 Å². The Labute approximate surface area is 189 Å². The van der Waals surface area contributed by atoms with Crippen LogP contribution in [0.4, 0.5) is 0 Å². The second-order valence-electron chi connectivity index (χ2n) is 6.35. The Morgan fingerprint density at radius 2 is 1.84 bits per heavy atom. The maximum absolute atomic E-state index is 12.7. The van der Waals surface area contributed by atoms with Gasteiger partial charge in [-0.2, -0.15) is 5.10 Å². The Morgan fingerprint density at radius 3 is 2.52 bits per heavy atom. The van der Waals surface area contributed by atoms with Crippen molar-refractivity contribution in [3.63, 3.8) is 0 Å². The molecule has 0 saturated carbocycles. The Kier molecular flexibility index (Phi) is 7.52. The van der Waals surface area contributed by atoms with Crippen molar-refractivity contribution in [1.82, 2.24) is 5.43 Å². The number of benzene rings is 3. The lowest BCUT2D eigenvalue weighted by atomic mass is 10.1.